The second-order valence-corrected chi connectivity index (χ2v) is 2.88. The fourth-order valence-electron chi connectivity index (χ4n) is 0.695. The van der Waals surface area contributed by atoms with Crippen LogP contribution in [0.1, 0.15) is 13.8 Å². The Kier molecular flexibility index (Phi) is 5.57. The number of carbonyl (C=O) groups is 2. The van der Waals surface area contributed by atoms with Crippen LogP contribution in [0.2, 0.25) is 0 Å². The Morgan fingerprint density at radius 1 is 1.38 bits per heavy atom. The van der Waals surface area contributed by atoms with Gasteiger partial charge in [-0.05, 0) is 13.8 Å². The Morgan fingerprint density at radius 3 is 2.38 bits per heavy atom. The van der Waals surface area contributed by atoms with E-state index in [1.807, 2.05) is 0 Å². The van der Waals surface area contributed by atoms with Crippen LogP contribution in [0, 0.1) is 11.3 Å². The number of esters is 2. The van der Waals surface area contributed by atoms with Crippen molar-refractivity contribution in [1.29, 1.82) is 5.26 Å². The molecular weight excluding hydrogens is 210 g/mol. The molecular formula is C11H13NO4. The molecule has 16 heavy (non-hydrogen) atoms. The van der Waals surface area contributed by atoms with E-state index in [2.05, 4.69) is 17.9 Å². The molecule has 5 nitrogen and oxygen atoms in total. The minimum atomic E-state index is -0.914. The first-order valence-electron chi connectivity index (χ1n) is 4.59. The lowest BCUT2D eigenvalue weighted by molar-refractivity contribution is -0.148. The van der Waals surface area contributed by atoms with Crippen molar-refractivity contribution in [3.63, 3.8) is 0 Å². The Labute approximate surface area is 94.0 Å². The Balaban J connectivity index is 4.38. The molecule has 0 radical (unpaired) electrons. The predicted molar refractivity (Wildman–Crippen MR) is 56.1 cm³/mol. The minimum absolute atomic E-state index is 0.0880. The zero-order chi connectivity index (χ0) is 12.7. The molecule has 0 spiro atoms. The molecule has 86 valence electrons. The average molecular weight is 223 g/mol. The van der Waals surface area contributed by atoms with E-state index >= 15 is 0 Å². The van der Waals surface area contributed by atoms with Gasteiger partial charge in [0.2, 0.25) is 0 Å². The summed E-state index contributed by atoms with van der Waals surface area (Å²) in [5, 5.41) is 8.50. The van der Waals surface area contributed by atoms with Crippen LogP contribution in [0.5, 0.6) is 0 Å². The van der Waals surface area contributed by atoms with Crippen molar-refractivity contribution in [2.24, 2.45) is 0 Å². The number of nitriles is 1. The van der Waals surface area contributed by atoms with Crippen molar-refractivity contribution < 1.29 is 19.1 Å². The zero-order valence-electron chi connectivity index (χ0n) is 9.28. The third-order valence-electron chi connectivity index (χ3n) is 1.69. The molecule has 0 aromatic carbocycles. The van der Waals surface area contributed by atoms with Crippen molar-refractivity contribution in [3.05, 3.63) is 24.3 Å². The molecule has 0 fully saturated rings. The monoisotopic (exact) mass is 223 g/mol. The van der Waals surface area contributed by atoms with E-state index in [0.29, 0.717) is 0 Å². The fraction of sp³-hybridized carbons (Fsp3) is 0.364. The van der Waals surface area contributed by atoms with Crippen molar-refractivity contribution in [3.8, 4) is 6.07 Å². The van der Waals surface area contributed by atoms with Gasteiger partial charge in [-0.15, -0.1) is 0 Å². The van der Waals surface area contributed by atoms with Gasteiger partial charge in [-0.1, -0.05) is 13.2 Å². The molecule has 5 heteroatoms. The molecule has 1 unspecified atom stereocenters. The maximum absolute atomic E-state index is 11.3. The molecule has 1 atom stereocenters. The number of carbonyl (C=O) groups excluding carboxylic acids is 2. The second kappa shape index (κ2) is 6.40. The SMILES string of the molecule is C=C(C(=O)OCC)C(=O)OC(C)C(=C)C#N. The molecule has 0 amide bonds. The van der Waals surface area contributed by atoms with Gasteiger partial charge in [0.1, 0.15) is 11.7 Å². The Hall–Kier alpha value is -2.09. The highest BCUT2D eigenvalue weighted by molar-refractivity contribution is 6.13. The van der Waals surface area contributed by atoms with E-state index in [0.717, 1.165) is 0 Å². The minimum Gasteiger partial charge on any atom is -0.462 e. The van der Waals surface area contributed by atoms with Crippen LogP contribution in [-0.2, 0) is 19.1 Å². The summed E-state index contributed by atoms with van der Waals surface area (Å²) >= 11 is 0. The topological polar surface area (TPSA) is 76.4 Å². The first-order valence-corrected chi connectivity index (χ1v) is 4.59. The molecule has 0 aromatic rings. The van der Waals surface area contributed by atoms with Gasteiger partial charge in [0.05, 0.1) is 18.2 Å². The average Bonchev–Trinajstić information content (AvgIpc) is 2.26. The number of nitrogens with zero attached hydrogens (tertiary/aromatic N) is 1. The van der Waals surface area contributed by atoms with Gasteiger partial charge < -0.3 is 9.47 Å². The molecule has 0 saturated heterocycles. The van der Waals surface area contributed by atoms with Crippen LogP contribution in [0.25, 0.3) is 0 Å². The molecule has 0 aliphatic heterocycles. The Morgan fingerprint density at radius 2 is 1.94 bits per heavy atom. The lowest BCUT2D eigenvalue weighted by Crippen LogP contribution is -2.22. The summed E-state index contributed by atoms with van der Waals surface area (Å²) in [5.41, 5.74) is -0.315. The molecule has 0 saturated carbocycles. The van der Waals surface area contributed by atoms with Crippen LogP contribution in [-0.4, -0.2) is 24.6 Å². The summed E-state index contributed by atoms with van der Waals surface area (Å²) in [6, 6.07) is 1.75. The highest BCUT2D eigenvalue weighted by atomic mass is 16.6. The van der Waals surface area contributed by atoms with E-state index < -0.39 is 23.6 Å². The molecule has 0 aliphatic carbocycles. The lowest BCUT2D eigenvalue weighted by Gasteiger charge is -2.11. The van der Waals surface area contributed by atoms with Gasteiger partial charge in [-0.3, -0.25) is 0 Å². The zero-order valence-corrected chi connectivity index (χ0v) is 9.28. The summed E-state index contributed by atoms with van der Waals surface area (Å²) in [7, 11) is 0. The predicted octanol–water partition coefficient (Wildman–Crippen LogP) is 1.12. The maximum Gasteiger partial charge on any atom is 0.345 e. The Bertz CT molecular complexity index is 365. The second-order valence-electron chi connectivity index (χ2n) is 2.88. The van der Waals surface area contributed by atoms with Crippen LogP contribution >= 0.6 is 0 Å². The lowest BCUT2D eigenvalue weighted by atomic mass is 10.2. The maximum atomic E-state index is 11.3. The third-order valence-corrected chi connectivity index (χ3v) is 1.69. The number of hydrogen-bond acceptors (Lipinski definition) is 5. The summed E-state index contributed by atoms with van der Waals surface area (Å²) in [4.78, 5) is 22.4. The first kappa shape index (κ1) is 13.9. The standard InChI is InChI=1S/C11H13NO4/c1-5-15-10(13)8(3)11(14)16-9(4)7(2)6-12/h9H,2-3,5H2,1,4H3. The van der Waals surface area contributed by atoms with Crippen molar-refractivity contribution in [2.75, 3.05) is 6.61 Å². The molecule has 0 bridgehead atoms. The summed E-state index contributed by atoms with van der Waals surface area (Å²) in [6.45, 7) is 9.86. The van der Waals surface area contributed by atoms with Gasteiger partial charge in [0.25, 0.3) is 0 Å². The van der Waals surface area contributed by atoms with E-state index in [-0.39, 0.29) is 12.2 Å². The van der Waals surface area contributed by atoms with Gasteiger partial charge in [-0.25, -0.2) is 9.59 Å². The summed E-state index contributed by atoms with van der Waals surface area (Å²) in [6.07, 6.45) is -0.788. The van der Waals surface area contributed by atoms with E-state index in [1.165, 1.54) is 6.92 Å². The van der Waals surface area contributed by atoms with E-state index in [4.69, 9.17) is 10.00 Å². The molecule has 0 heterocycles. The van der Waals surface area contributed by atoms with Crippen LogP contribution in [0.3, 0.4) is 0 Å². The molecule has 0 N–H and O–H groups in total. The van der Waals surface area contributed by atoms with Gasteiger partial charge >= 0.3 is 11.9 Å². The third kappa shape index (κ3) is 3.96. The number of ether oxygens (including phenoxy) is 2. The van der Waals surface area contributed by atoms with Crippen LogP contribution in [0.15, 0.2) is 24.3 Å². The summed E-state index contributed by atoms with van der Waals surface area (Å²) in [5.74, 6) is -1.75. The summed E-state index contributed by atoms with van der Waals surface area (Å²) < 4.78 is 9.34. The van der Waals surface area contributed by atoms with Crippen molar-refractivity contribution >= 4 is 11.9 Å². The number of hydrogen-bond donors (Lipinski definition) is 0. The van der Waals surface area contributed by atoms with Crippen molar-refractivity contribution in [1.82, 2.24) is 0 Å². The van der Waals surface area contributed by atoms with Gasteiger partial charge in [0, 0.05) is 0 Å². The fourth-order valence-corrected chi connectivity index (χ4v) is 0.695. The molecule has 0 aliphatic rings. The van der Waals surface area contributed by atoms with Crippen LogP contribution < -0.4 is 0 Å². The highest BCUT2D eigenvalue weighted by Crippen LogP contribution is 2.07. The molecule has 0 rings (SSSR count). The van der Waals surface area contributed by atoms with Crippen molar-refractivity contribution in [2.45, 2.75) is 20.0 Å². The normalized spacial score (nSPS) is 10.8. The van der Waals surface area contributed by atoms with Gasteiger partial charge in [0.15, 0.2) is 0 Å². The quantitative estimate of drug-likeness (QED) is 0.229. The van der Waals surface area contributed by atoms with Gasteiger partial charge in [-0.2, -0.15) is 5.26 Å². The first-order chi connectivity index (χ1) is 7.43. The number of rotatable bonds is 5. The smallest absolute Gasteiger partial charge is 0.345 e. The van der Waals surface area contributed by atoms with E-state index in [1.54, 1.807) is 13.0 Å². The largest absolute Gasteiger partial charge is 0.462 e. The molecule has 0 aromatic heterocycles. The van der Waals surface area contributed by atoms with E-state index in [9.17, 15) is 9.59 Å². The van der Waals surface area contributed by atoms with Crippen LogP contribution in [0.4, 0.5) is 0 Å². The highest BCUT2D eigenvalue weighted by Gasteiger charge is 2.21.